The molecular weight excluding hydrogens is 270 g/mol. The zero-order valence-corrected chi connectivity index (χ0v) is 12.6. The minimum Gasteiger partial charge on any atom is -0.496 e. The standard InChI is InChI=1S/C16H19NO2S/c1-3-19-14-9-8-13(17)10-12(14)11-20-16-7-5-4-6-15(16)18-2/h4-10H,3,11,17H2,1-2H3. The Balaban J connectivity index is 2.15. The summed E-state index contributed by atoms with van der Waals surface area (Å²) in [6, 6.07) is 13.7. The number of thioether (sulfide) groups is 1. The highest BCUT2D eigenvalue weighted by atomic mass is 32.2. The third kappa shape index (κ3) is 3.61. The number of ether oxygens (including phenoxy) is 2. The van der Waals surface area contributed by atoms with Crippen molar-refractivity contribution in [2.75, 3.05) is 19.5 Å². The van der Waals surface area contributed by atoms with Gasteiger partial charge in [-0.05, 0) is 37.3 Å². The molecule has 0 fully saturated rings. The lowest BCUT2D eigenvalue weighted by Crippen LogP contribution is -1.97. The minimum atomic E-state index is 0.649. The molecule has 3 nitrogen and oxygen atoms in total. The molecule has 0 aliphatic carbocycles. The van der Waals surface area contributed by atoms with Gasteiger partial charge in [0.15, 0.2) is 0 Å². The smallest absolute Gasteiger partial charge is 0.132 e. The maximum Gasteiger partial charge on any atom is 0.132 e. The quantitative estimate of drug-likeness (QED) is 0.645. The summed E-state index contributed by atoms with van der Waals surface area (Å²) in [6.45, 7) is 2.63. The summed E-state index contributed by atoms with van der Waals surface area (Å²) < 4.78 is 11.0. The van der Waals surface area contributed by atoms with Gasteiger partial charge in [0.1, 0.15) is 11.5 Å². The lowest BCUT2D eigenvalue weighted by Gasteiger charge is -2.12. The third-order valence-corrected chi connectivity index (χ3v) is 3.94. The van der Waals surface area contributed by atoms with Gasteiger partial charge in [-0.3, -0.25) is 0 Å². The van der Waals surface area contributed by atoms with Gasteiger partial charge in [-0.2, -0.15) is 0 Å². The molecule has 0 aliphatic rings. The molecule has 2 aromatic rings. The highest BCUT2D eigenvalue weighted by Gasteiger charge is 2.07. The Kier molecular flexibility index (Phi) is 5.18. The first-order chi connectivity index (χ1) is 9.74. The van der Waals surface area contributed by atoms with Crippen molar-refractivity contribution in [2.24, 2.45) is 0 Å². The van der Waals surface area contributed by atoms with Gasteiger partial charge in [-0.1, -0.05) is 12.1 Å². The Bertz CT molecular complexity index is 572. The number of nitrogens with two attached hydrogens (primary N) is 1. The third-order valence-electron chi connectivity index (χ3n) is 2.84. The van der Waals surface area contributed by atoms with Crippen molar-refractivity contribution < 1.29 is 9.47 Å². The van der Waals surface area contributed by atoms with Gasteiger partial charge in [0.05, 0.1) is 13.7 Å². The van der Waals surface area contributed by atoms with Crippen LogP contribution < -0.4 is 15.2 Å². The van der Waals surface area contributed by atoms with E-state index in [-0.39, 0.29) is 0 Å². The molecule has 0 bridgehead atoms. The molecule has 20 heavy (non-hydrogen) atoms. The van der Waals surface area contributed by atoms with Crippen molar-refractivity contribution in [3.05, 3.63) is 48.0 Å². The van der Waals surface area contributed by atoms with Crippen molar-refractivity contribution in [1.29, 1.82) is 0 Å². The molecule has 0 radical (unpaired) electrons. The highest BCUT2D eigenvalue weighted by molar-refractivity contribution is 7.98. The molecule has 106 valence electrons. The predicted octanol–water partition coefficient (Wildman–Crippen LogP) is 3.97. The molecule has 2 rings (SSSR count). The van der Waals surface area contributed by atoms with Crippen LogP contribution in [-0.2, 0) is 5.75 Å². The van der Waals surface area contributed by atoms with E-state index in [1.54, 1.807) is 18.9 Å². The second kappa shape index (κ2) is 7.10. The number of benzene rings is 2. The van der Waals surface area contributed by atoms with Gasteiger partial charge < -0.3 is 15.2 Å². The lowest BCUT2D eigenvalue weighted by molar-refractivity contribution is 0.337. The summed E-state index contributed by atoms with van der Waals surface area (Å²) in [7, 11) is 1.69. The Morgan fingerprint density at radius 1 is 1.10 bits per heavy atom. The number of nitrogen functional groups attached to an aromatic ring is 1. The van der Waals surface area contributed by atoms with Crippen LogP contribution in [0.5, 0.6) is 11.5 Å². The fourth-order valence-corrected chi connectivity index (χ4v) is 2.91. The van der Waals surface area contributed by atoms with Crippen molar-refractivity contribution >= 4 is 17.4 Å². The zero-order chi connectivity index (χ0) is 14.4. The van der Waals surface area contributed by atoms with Gasteiger partial charge in [-0.15, -0.1) is 11.8 Å². The number of anilines is 1. The maximum atomic E-state index is 5.86. The Hall–Kier alpha value is -1.81. The molecule has 0 amide bonds. The molecule has 0 heterocycles. The van der Waals surface area contributed by atoms with E-state index in [4.69, 9.17) is 15.2 Å². The van der Waals surface area contributed by atoms with Gasteiger partial charge >= 0.3 is 0 Å². The van der Waals surface area contributed by atoms with Crippen molar-refractivity contribution in [3.8, 4) is 11.5 Å². The van der Waals surface area contributed by atoms with E-state index in [1.807, 2.05) is 43.3 Å². The largest absolute Gasteiger partial charge is 0.496 e. The van der Waals surface area contributed by atoms with E-state index in [1.165, 1.54) is 0 Å². The van der Waals surface area contributed by atoms with Crippen LogP contribution in [0.3, 0.4) is 0 Å². The van der Waals surface area contributed by atoms with Crippen LogP contribution in [0, 0.1) is 0 Å². The summed E-state index contributed by atoms with van der Waals surface area (Å²) in [6.07, 6.45) is 0. The fourth-order valence-electron chi connectivity index (χ4n) is 1.90. The van der Waals surface area contributed by atoms with E-state index in [2.05, 4.69) is 6.07 Å². The van der Waals surface area contributed by atoms with E-state index >= 15 is 0 Å². The van der Waals surface area contributed by atoms with Crippen LogP contribution in [0.25, 0.3) is 0 Å². The maximum absolute atomic E-state index is 5.86. The normalized spacial score (nSPS) is 10.3. The molecule has 2 aromatic carbocycles. The van der Waals surface area contributed by atoms with Crippen molar-refractivity contribution in [2.45, 2.75) is 17.6 Å². The lowest BCUT2D eigenvalue weighted by atomic mass is 10.2. The monoisotopic (exact) mass is 289 g/mol. The molecule has 0 saturated carbocycles. The van der Waals surface area contributed by atoms with Gasteiger partial charge in [0.2, 0.25) is 0 Å². The molecule has 0 aliphatic heterocycles. The van der Waals surface area contributed by atoms with Gasteiger partial charge in [0.25, 0.3) is 0 Å². The number of para-hydroxylation sites is 1. The summed E-state index contributed by atoms with van der Waals surface area (Å²) in [5, 5.41) is 0. The summed E-state index contributed by atoms with van der Waals surface area (Å²) in [5.74, 6) is 2.57. The van der Waals surface area contributed by atoms with E-state index < -0.39 is 0 Å². The van der Waals surface area contributed by atoms with Crippen LogP contribution in [0.4, 0.5) is 5.69 Å². The zero-order valence-electron chi connectivity index (χ0n) is 11.8. The SMILES string of the molecule is CCOc1ccc(N)cc1CSc1ccccc1OC. The summed E-state index contributed by atoms with van der Waals surface area (Å²) >= 11 is 1.71. The second-order valence-electron chi connectivity index (χ2n) is 4.24. The number of hydrogen-bond acceptors (Lipinski definition) is 4. The average Bonchev–Trinajstić information content (AvgIpc) is 2.48. The van der Waals surface area contributed by atoms with Crippen LogP contribution >= 0.6 is 11.8 Å². The number of rotatable bonds is 6. The molecule has 0 saturated heterocycles. The van der Waals surface area contributed by atoms with E-state index in [0.717, 1.165) is 33.4 Å². The highest BCUT2D eigenvalue weighted by Crippen LogP contribution is 2.34. The van der Waals surface area contributed by atoms with E-state index in [9.17, 15) is 0 Å². The van der Waals surface area contributed by atoms with Gasteiger partial charge in [0, 0.05) is 21.9 Å². The first-order valence-electron chi connectivity index (χ1n) is 6.51. The fraction of sp³-hybridized carbons (Fsp3) is 0.250. The summed E-state index contributed by atoms with van der Waals surface area (Å²) in [5.41, 5.74) is 7.71. The molecule has 0 unspecified atom stereocenters. The summed E-state index contributed by atoms with van der Waals surface area (Å²) in [4.78, 5) is 1.11. The van der Waals surface area contributed by atoms with E-state index in [0.29, 0.717) is 6.61 Å². The second-order valence-corrected chi connectivity index (χ2v) is 5.26. The first-order valence-corrected chi connectivity index (χ1v) is 7.50. The van der Waals surface area contributed by atoms with Crippen LogP contribution in [0.2, 0.25) is 0 Å². The van der Waals surface area contributed by atoms with Crippen LogP contribution in [0.1, 0.15) is 12.5 Å². The molecule has 4 heteroatoms. The van der Waals surface area contributed by atoms with Crippen molar-refractivity contribution in [3.63, 3.8) is 0 Å². The average molecular weight is 289 g/mol. The molecule has 2 N–H and O–H groups in total. The Morgan fingerprint density at radius 2 is 1.90 bits per heavy atom. The number of methoxy groups -OCH3 is 1. The predicted molar refractivity (Wildman–Crippen MR) is 84.6 cm³/mol. The molecule has 0 aromatic heterocycles. The molecule has 0 spiro atoms. The molecule has 0 atom stereocenters. The Morgan fingerprint density at radius 3 is 2.65 bits per heavy atom. The molecular formula is C16H19NO2S. The minimum absolute atomic E-state index is 0.649. The van der Waals surface area contributed by atoms with Crippen molar-refractivity contribution in [1.82, 2.24) is 0 Å². The van der Waals surface area contributed by atoms with Crippen LogP contribution in [0.15, 0.2) is 47.4 Å². The van der Waals surface area contributed by atoms with Crippen LogP contribution in [-0.4, -0.2) is 13.7 Å². The Labute approximate surface area is 124 Å². The van der Waals surface area contributed by atoms with Gasteiger partial charge in [-0.25, -0.2) is 0 Å². The first kappa shape index (κ1) is 14.6. The number of hydrogen-bond donors (Lipinski definition) is 1. The topological polar surface area (TPSA) is 44.5 Å².